The molecule has 0 fully saturated rings. The zero-order chi connectivity index (χ0) is 12.4. The fraction of sp³-hybridized carbons (Fsp3) is 0.0769. The number of nitrogens with zero attached hydrogens (tertiary/aromatic N) is 1. The van der Waals surface area contributed by atoms with Gasteiger partial charge in [-0.3, -0.25) is 10.1 Å². The third kappa shape index (κ3) is 2.30. The van der Waals surface area contributed by atoms with Crippen LogP contribution in [-0.4, -0.2) is 4.92 Å². The highest BCUT2D eigenvalue weighted by molar-refractivity contribution is 5.66. The maximum absolute atomic E-state index is 13.2. The van der Waals surface area contributed by atoms with Crippen molar-refractivity contribution in [2.24, 2.45) is 0 Å². The second kappa shape index (κ2) is 4.33. The van der Waals surface area contributed by atoms with Crippen molar-refractivity contribution >= 4 is 5.69 Å². The maximum atomic E-state index is 13.2. The summed E-state index contributed by atoms with van der Waals surface area (Å²) in [5.74, 6) is -0.814. The number of aryl methyl sites for hydroxylation is 1. The molecule has 0 radical (unpaired) electrons. The van der Waals surface area contributed by atoms with Crippen LogP contribution < -0.4 is 0 Å². The van der Waals surface area contributed by atoms with Gasteiger partial charge in [0.15, 0.2) is 0 Å². The molecular weight excluding hydrogens is 221 g/mol. The van der Waals surface area contributed by atoms with E-state index in [1.54, 1.807) is 0 Å². The number of benzene rings is 2. The molecule has 0 atom stereocenters. The number of halogens is 1. The Morgan fingerprint density at radius 1 is 1.12 bits per heavy atom. The average molecular weight is 231 g/mol. The Morgan fingerprint density at radius 2 is 1.82 bits per heavy atom. The van der Waals surface area contributed by atoms with E-state index in [1.165, 1.54) is 12.1 Å². The molecule has 0 saturated carbocycles. The molecule has 0 heterocycles. The lowest BCUT2D eigenvalue weighted by Crippen LogP contribution is -1.92. The zero-order valence-corrected chi connectivity index (χ0v) is 9.18. The van der Waals surface area contributed by atoms with Crippen LogP contribution in [0.5, 0.6) is 0 Å². The molecule has 2 aromatic rings. The van der Waals surface area contributed by atoms with Crippen molar-refractivity contribution in [2.75, 3.05) is 0 Å². The standard InChI is InChI=1S/C13H10FNO2/c1-9-3-2-4-10(7-9)11-5-6-12(14)13(8-11)15(16)17/h2-8H,1H3. The van der Waals surface area contributed by atoms with E-state index in [0.717, 1.165) is 17.2 Å². The lowest BCUT2D eigenvalue weighted by molar-refractivity contribution is -0.387. The van der Waals surface area contributed by atoms with Crippen LogP contribution >= 0.6 is 0 Å². The van der Waals surface area contributed by atoms with Gasteiger partial charge in [0, 0.05) is 6.07 Å². The quantitative estimate of drug-likeness (QED) is 0.584. The van der Waals surface area contributed by atoms with E-state index < -0.39 is 16.4 Å². The molecule has 2 aromatic carbocycles. The van der Waals surface area contributed by atoms with E-state index in [9.17, 15) is 14.5 Å². The van der Waals surface area contributed by atoms with Crippen molar-refractivity contribution in [1.29, 1.82) is 0 Å². The second-order valence-corrected chi connectivity index (χ2v) is 3.79. The van der Waals surface area contributed by atoms with Gasteiger partial charge in [0.05, 0.1) is 4.92 Å². The summed E-state index contributed by atoms with van der Waals surface area (Å²) in [6.07, 6.45) is 0. The van der Waals surface area contributed by atoms with Gasteiger partial charge in [-0.05, 0) is 24.1 Å². The molecule has 0 unspecified atom stereocenters. The minimum atomic E-state index is -0.814. The summed E-state index contributed by atoms with van der Waals surface area (Å²) in [6, 6.07) is 11.4. The van der Waals surface area contributed by atoms with Crippen LogP contribution in [0.4, 0.5) is 10.1 Å². The number of hydrogen-bond donors (Lipinski definition) is 0. The van der Waals surface area contributed by atoms with E-state index in [4.69, 9.17) is 0 Å². The van der Waals surface area contributed by atoms with Crippen molar-refractivity contribution in [3.05, 3.63) is 64.0 Å². The minimum absolute atomic E-state index is 0.496. The van der Waals surface area contributed by atoms with Gasteiger partial charge in [-0.25, -0.2) is 0 Å². The second-order valence-electron chi connectivity index (χ2n) is 3.79. The van der Waals surface area contributed by atoms with Gasteiger partial charge in [-0.2, -0.15) is 4.39 Å². The van der Waals surface area contributed by atoms with Gasteiger partial charge in [-0.15, -0.1) is 0 Å². The number of nitro groups is 1. The fourth-order valence-corrected chi connectivity index (χ4v) is 1.66. The number of rotatable bonds is 2. The van der Waals surface area contributed by atoms with Crippen LogP contribution in [-0.2, 0) is 0 Å². The van der Waals surface area contributed by atoms with Crippen molar-refractivity contribution in [2.45, 2.75) is 6.92 Å². The molecule has 0 aliphatic heterocycles. The van der Waals surface area contributed by atoms with Gasteiger partial charge < -0.3 is 0 Å². The molecule has 0 aromatic heterocycles. The monoisotopic (exact) mass is 231 g/mol. The summed E-state index contributed by atoms with van der Waals surface area (Å²) in [6.45, 7) is 1.93. The first kappa shape index (κ1) is 11.3. The maximum Gasteiger partial charge on any atom is 0.305 e. The molecule has 17 heavy (non-hydrogen) atoms. The van der Waals surface area contributed by atoms with Gasteiger partial charge in [0.2, 0.25) is 5.82 Å². The molecule has 2 rings (SSSR count). The fourth-order valence-electron chi connectivity index (χ4n) is 1.66. The molecule has 86 valence electrons. The zero-order valence-electron chi connectivity index (χ0n) is 9.18. The Hall–Kier alpha value is -2.23. The molecule has 0 amide bonds. The predicted molar refractivity (Wildman–Crippen MR) is 63.2 cm³/mol. The first-order valence-corrected chi connectivity index (χ1v) is 5.09. The Kier molecular flexibility index (Phi) is 2.87. The number of nitro benzene ring substituents is 1. The third-order valence-electron chi connectivity index (χ3n) is 2.49. The number of hydrogen-bond acceptors (Lipinski definition) is 2. The lowest BCUT2D eigenvalue weighted by atomic mass is 10.0. The summed E-state index contributed by atoms with van der Waals surface area (Å²) in [5.41, 5.74) is 2.04. The SMILES string of the molecule is Cc1cccc(-c2ccc(F)c([N+](=O)[O-])c2)c1. The highest BCUT2D eigenvalue weighted by atomic mass is 19.1. The molecule has 0 aliphatic rings. The molecule has 0 spiro atoms. The molecule has 0 bridgehead atoms. The van der Waals surface area contributed by atoms with Crippen molar-refractivity contribution in [3.8, 4) is 11.1 Å². The Balaban J connectivity index is 2.54. The summed E-state index contributed by atoms with van der Waals surface area (Å²) < 4.78 is 13.2. The van der Waals surface area contributed by atoms with Gasteiger partial charge >= 0.3 is 5.69 Å². The van der Waals surface area contributed by atoms with E-state index in [2.05, 4.69) is 0 Å². The Labute approximate surface area is 97.7 Å². The Bertz CT molecular complexity index is 581. The first-order chi connectivity index (χ1) is 8.08. The van der Waals surface area contributed by atoms with E-state index in [-0.39, 0.29) is 0 Å². The van der Waals surface area contributed by atoms with Crippen LogP contribution in [0.2, 0.25) is 0 Å². The van der Waals surface area contributed by atoms with Gasteiger partial charge in [-0.1, -0.05) is 35.9 Å². The van der Waals surface area contributed by atoms with Crippen LogP contribution in [0.15, 0.2) is 42.5 Å². The summed E-state index contributed by atoms with van der Waals surface area (Å²) in [4.78, 5) is 9.92. The minimum Gasteiger partial charge on any atom is -0.258 e. The first-order valence-electron chi connectivity index (χ1n) is 5.09. The molecule has 3 nitrogen and oxygen atoms in total. The Morgan fingerprint density at radius 3 is 2.47 bits per heavy atom. The predicted octanol–water partition coefficient (Wildman–Crippen LogP) is 3.71. The van der Waals surface area contributed by atoms with Crippen LogP contribution in [0.25, 0.3) is 11.1 Å². The topological polar surface area (TPSA) is 43.1 Å². The highest BCUT2D eigenvalue weighted by Gasteiger charge is 2.14. The highest BCUT2D eigenvalue weighted by Crippen LogP contribution is 2.26. The van der Waals surface area contributed by atoms with Crippen LogP contribution in [0.1, 0.15) is 5.56 Å². The largest absolute Gasteiger partial charge is 0.305 e. The van der Waals surface area contributed by atoms with Crippen molar-refractivity contribution in [1.82, 2.24) is 0 Å². The van der Waals surface area contributed by atoms with Crippen molar-refractivity contribution in [3.63, 3.8) is 0 Å². The van der Waals surface area contributed by atoms with E-state index in [0.29, 0.717) is 5.56 Å². The average Bonchev–Trinajstić information content (AvgIpc) is 2.29. The normalized spacial score (nSPS) is 10.2. The van der Waals surface area contributed by atoms with Crippen LogP contribution in [0.3, 0.4) is 0 Å². The van der Waals surface area contributed by atoms with Gasteiger partial charge in [0.25, 0.3) is 0 Å². The van der Waals surface area contributed by atoms with Crippen molar-refractivity contribution < 1.29 is 9.31 Å². The molecular formula is C13H10FNO2. The summed E-state index contributed by atoms with van der Waals surface area (Å²) in [5, 5.41) is 10.6. The summed E-state index contributed by atoms with van der Waals surface area (Å²) in [7, 11) is 0. The van der Waals surface area contributed by atoms with Gasteiger partial charge in [0.1, 0.15) is 0 Å². The molecule has 0 N–H and O–H groups in total. The molecule has 0 saturated heterocycles. The van der Waals surface area contributed by atoms with E-state index >= 15 is 0 Å². The smallest absolute Gasteiger partial charge is 0.258 e. The lowest BCUT2D eigenvalue weighted by Gasteiger charge is -2.03. The molecule has 4 heteroatoms. The van der Waals surface area contributed by atoms with Crippen LogP contribution in [0, 0.1) is 22.9 Å². The summed E-state index contributed by atoms with van der Waals surface area (Å²) >= 11 is 0. The molecule has 0 aliphatic carbocycles. The third-order valence-corrected chi connectivity index (χ3v) is 2.49. The van der Waals surface area contributed by atoms with E-state index in [1.807, 2.05) is 31.2 Å².